The third kappa shape index (κ3) is 0.885. The average Bonchev–Trinajstić information content (AvgIpc) is 2.67. The van der Waals surface area contributed by atoms with Crippen LogP contribution in [0.1, 0.15) is 19.8 Å². The van der Waals surface area contributed by atoms with E-state index in [1.165, 1.54) is 6.92 Å². The first-order chi connectivity index (χ1) is 6.66. The largest absolute Gasteiger partial charge is 0.458 e. The highest BCUT2D eigenvalue weighted by molar-refractivity contribution is 5.77. The van der Waals surface area contributed by atoms with Gasteiger partial charge in [0.1, 0.15) is 12.2 Å². The molecule has 1 aliphatic heterocycles. The summed E-state index contributed by atoms with van der Waals surface area (Å²) in [5, 5.41) is 0. The van der Waals surface area contributed by atoms with Gasteiger partial charge in [-0.15, -0.1) is 0 Å². The Balaban J connectivity index is 1.85. The summed E-state index contributed by atoms with van der Waals surface area (Å²) in [6, 6.07) is 0. The van der Waals surface area contributed by atoms with Crippen molar-refractivity contribution in [1.82, 2.24) is 0 Å². The number of hydrogen-bond acceptors (Lipinski definition) is 4. The Morgan fingerprint density at radius 1 is 1.50 bits per heavy atom. The van der Waals surface area contributed by atoms with Gasteiger partial charge in [0.25, 0.3) is 0 Å². The molecule has 3 aliphatic rings. The van der Waals surface area contributed by atoms with E-state index < -0.39 is 0 Å². The maximum absolute atomic E-state index is 11.4. The molecule has 1 saturated heterocycles. The summed E-state index contributed by atoms with van der Waals surface area (Å²) in [6.07, 6.45) is 1.52. The minimum absolute atomic E-state index is 0.0860. The maximum Gasteiger partial charge on any atom is 0.309 e. The molecule has 0 aromatic heterocycles. The summed E-state index contributed by atoms with van der Waals surface area (Å²) >= 11 is 0. The molecule has 0 aromatic carbocycles. The third-order valence-corrected chi connectivity index (χ3v) is 3.72. The highest BCUT2D eigenvalue weighted by atomic mass is 16.6. The van der Waals surface area contributed by atoms with E-state index in [4.69, 9.17) is 9.47 Å². The van der Waals surface area contributed by atoms with Crippen LogP contribution in [0.5, 0.6) is 0 Å². The molecular weight excluding hydrogens is 184 g/mol. The van der Waals surface area contributed by atoms with Gasteiger partial charge in [0.05, 0.1) is 5.92 Å². The third-order valence-electron chi connectivity index (χ3n) is 3.72. The molecule has 4 unspecified atom stereocenters. The van der Waals surface area contributed by atoms with E-state index in [-0.39, 0.29) is 30.1 Å². The van der Waals surface area contributed by atoms with E-state index in [2.05, 4.69) is 0 Å². The normalized spacial score (nSPS) is 48.1. The van der Waals surface area contributed by atoms with Crippen molar-refractivity contribution in [3.8, 4) is 0 Å². The molecule has 2 aliphatic carbocycles. The van der Waals surface area contributed by atoms with Crippen LogP contribution >= 0.6 is 0 Å². The summed E-state index contributed by atoms with van der Waals surface area (Å²) < 4.78 is 10.4. The van der Waals surface area contributed by atoms with Gasteiger partial charge in [0.15, 0.2) is 0 Å². The van der Waals surface area contributed by atoms with Crippen LogP contribution in [0.3, 0.4) is 0 Å². The number of esters is 2. The molecule has 4 heteroatoms. The van der Waals surface area contributed by atoms with E-state index >= 15 is 0 Å². The van der Waals surface area contributed by atoms with Gasteiger partial charge in [-0.3, -0.25) is 9.59 Å². The molecule has 1 heterocycles. The molecule has 2 saturated carbocycles. The van der Waals surface area contributed by atoms with Crippen LogP contribution < -0.4 is 0 Å². The number of hydrogen-bond donors (Lipinski definition) is 0. The van der Waals surface area contributed by atoms with E-state index in [0.29, 0.717) is 11.8 Å². The molecule has 0 amide bonds. The molecule has 2 bridgehead atoms. The molecule has 0 aromatic rings. The molecule has 4 nitrogen and oxygen atoms in total. The molecule has 0 spiro atoms. The fraction of sp³-hybridized carbons (Fsp3) is 0.800. The van der Waals surface area contributed by atoms with Crippen molar-refractivity contribution in [2.75, 3.05) is 0 Å². The van der Waals surface area contributed by atoms with E-state index in [9.17, 15) is 9.59 Å². The van der Waals surface area contributed by atoms with Crippen molar-refractivity contribution in [3.05, 3.63) is 0 Å². The Morgan fingerprint density at radius 2 is 2.29 bits per heavy atom. The summed E-state index contributed by atoms with van der Waals surface area (Å²) in [6.45, 7) is 1.40. The SMILES string of the molecule is CC(=O)OC1C2OC(=O)C3C[C@H]1CC32. The predicted octanol–water partition coefficient (Wildman–Crippen LogP) is 0.499. The van der Waals surface area contributed by atoms with Crippen LogP contribution in [0.15, 0.2) is 0 Å². The van der Waals surface area contributed by atoms with Crippen molar-refractivity contribution >= 4 is 11.9 Å². The standard InChI is InChI=1S/C10H12O4/c1-4(11)13-8-5-2-6-7(3-5)10(12)14-9(6)8/h5-9H,2-3H2,1H3/t5-,6?,7?,8?,9?/m1/s1. The van der Waals surface area contributed by atoms with Gasteiger partial charge in [0.2, 0.25) is 0 Å². The molecule has 3 fully saturated rings. The topological polar surface area (TPSA) is 52.6 Å². The Bertz CT molecular complexity index is 311. The number of carbonyl (C=O) groups excluding carboxylic acids is 2. The number of carbonyl (C=O) groups is 2. The zero-order valence-corrected chi connectivity index (χ0v) is 7.93. The zero-order chi connectivity index (χ0) is 9.87. The van der Waals surface area contributed by atoms with Crippen molar-refractivity contribution in [3.63, 3.8) is 0 Å². The lowest BCUT2D eigenvalue weighted by molar-refractivity contribution is -0.159. The van der Waals surface area contributed by atoms with Crippen molar-refractivity contribution in [1.29, 1.82) is 0 Å². The van der Waals surface area contributed by atoms with Gasteiger partial charge in [0, 0.05) is 18.8 Å². The second-order valence-electron chi connectivity index (χ2n) is 4.48. The Morgan fingerprint density at radius 3 is 3.00 bits per heavy atom. The lowest BCUT2D eigenvalue weighted by Crippen LogP contribution is -2.35. The summed E-state index contributed by atoms with van der Waals surface area (Å²) in [5.74, 6) is 0.401. The lowest BCUT2D eigenvalue weighted by Gasteiger charge is -2.24. The molecule has 0 radical (unpaired) electrons. The number of fused-ring (bicyclic) bond motifs is 1. The van der Waals surface area contributed by atoms with E-state index in [0.717, 1.165) is 12.8 Å². The highest BCUT2D eigenvalue weighted by Gasteiger charge is 2.63. The highest BCUT2D eigenvalue weighted by Crippen LogP contribution is 2.55. The smallest absolute Gasteiger partial charge is 0.309 e. The molecule has 76 valence electrons. The Kier molecular flexibility index (Phi) is 1.47. The van der Waals surface area contributed by atoms with Gasteiger partial charge in [-0.05, 0) is 12.8 Å². The van der Waals surface area contributed by atoms with Crippen LogP contribution in [0.25, 0.3) is 0 Å². The Hall–Kier alpha value is -1.06. The summed E-state index contributed by atoms with van der Waals surface area (Å²) in [4.78, 5) is 22.2. The second kappa shape index (κ2) is 2.49. The Labute approximate surface area is 81.6 Å². The van der Waals surface area contributed by atoms with Crippen molar-refractivity contribution < 1.29 is 19.1 Å². The predicted molar refractivity (Wildman–Crippen MR) is 45.1 cm³/mol. The first kappa shape index (κ1) is 8.26. The monoisotopic (exact) mass is 196 g/mol. The van der Waals surface area contributed by atoms with Gasteiger partial charge in [-0.25, -0.2) is 0 Å². The minimum atomic E-state index is -0.276. The van der Waals surface area contributed by atoms with Gasteiger partial charge in [-0.2, -0.15) is 0 Å². The molecular formula is C10H12O4. The van der Waals surface area contributed by atoms with Gasteiger partial charge < -0.3 is 9.47 Å². The quantitative estimate of drug-likeness (QED) is 0.573. The molecule has 0 N–H and O–H groups in total. The fourth-order valence-electron chi connectivity index (χ4n) is 3.26. The summed E-state index contributed by atoms with van der Waals surface area (Å²) in [7, 11) is 0. The lowest BCUT2D eigenvalue weighted by atomic mass is 9.88. The van der Waals surface area contributed by atoms with Crippen LogP contribution in [0, 0.1) is 17.8 Å². The van der Waals surface area contributed by atoms with E-state index in [1.807, 2.05) is 0 Å². The number of ether oxygens (including phenoxy) is 2. The van der Waals surface area contributed by atoms with Crippen LogP contribution in [-0.4, -0.2) is 24.1 Å². The molecule has 5 atom stereocenters. The maximum atomic E-state index is 11.4. The van der Waals surface area contributed by atoms with Crippen LogP contribution in [-0.2, 0) is 19.1 Å². The van der Waals surface area contributed by atoms with Crippen LogP contribution in [0.4, 0.5) is 0 Å². The summed E-state index contributed by atoms with van der Waals surface area (Å²) in [5.41, 5.74) is 0. The zero-order valence-electron chi connectivity index (χ0n) is 7.93. The van der Waals surface area contributed by atoms with Gasteiger partial charge >= 0.3 is 11.9 Å². The first-order valence-corrected chi connectivity index (χ1v) is 5.04. The average molecular weight is 196 g/mol. The number of rotatable bonds is 1. The van der Waals surface area contributed by atoms with Crippen molar-refractivity contribution in [2.45, 2.75) is 32.0 Å². The molecule has 14 heavy (non-hydrogen) atoms. The fourth-order valence-corrected chi connectivity index (χ4v) is 3.26. The van der Waals surface area contributed by atoms with Crippen LogP contribution in [0.2, 0.25) is 0 Å². The second-order valence-corrected chi connectivity index (χ2v) is 4.48. The van der Waals surface area contributed by atoms with E-state index in [1.54, 1.807) is 0 Å². The minimum Gasteiger partial charge on any atom is -0.458 e. The van der Waals surface area contributed by atoms with Crippen molar-refractivity contribution in [2.24, 2.45) is 17.8 Å². The first-order valence-electron chi connectivity index (χ1n) is 5.04. The molecule has 3 rings (SSSR count). The van der Waals surface area contributed by atoms with Gasteiger partial charge in [-0.1, -0.05) is 0 Å².